The Bertz CT molecular complexity index is 735. The van der Waals surface area contributed by atoms with E-state index >= 15 is 0 Å². The van der Waals surface area contributed by atoms with Crippen LogP contribution in [0.1, 0.15) is 31.0 Å². The number of amides is 2. The lowest BCUT2D eigenvalue weighted by Crippen LogP contribution is -2.30. The Hall–Kier alpha value is -2.37. The van der Waals surface area contributed by atoms with Gasteiger partial charge in [-0.05, 0) is 30.2 Å². The molecule has 5 nitrogen and oxygen atoms in total. The molecule has 0 aromatic heterocycles. The maximum absolute atomic E-state index is 12.5. The van der Waals surface area contributed by atoms with E-state index in [9.17, 15) is 9.59 Å². The van der Waals surface area contributed by atoms with Crippen LogP contribution in [0.4, 0.5) is 11.4 Å². The first-order valence-electron chi connectivity index (χ1n) is 7.88. The summed E-state index contributed by atoms with van der Waals surface area (Å²) in [6.45, 7) is 5.11. The van der Waals surface area contributed by atoms with E-state index in [1.54, 1.807) is 25.1 Å². The molecule has 0 fully saturated rings. The van der Waals surface area contributed by atoms with Gasteiger partial charge in [0.05, 0.1) is 5.92 Å². The summed E-state index contributed by atoms with van der Waals surface area (Å²) in [4.78, 5) is 23.8. The van der Waals surface area contributed by atoms with Crippen molar-refractivity contribution in [3.63, 3.8) is 0 Å². The molecule has 25 heavy (non-hydrogen) atoms. The number of anilines is 2. The van der Waals surface area contributed by atoms with Crippen LogP contribution in [-0.4, -0.2) is 11.8 Å². The number of nitrogens with one attached hydrogen (secondary N) is 2. The standard InChI is InChI=1S/C19H23N3O2.ClH/c1-12-16(21-14(3)23)10-7-11-17(12)22-19(24)13(2)18(20)15-8-5-4-6-9-15;/h4-11,13,18H,20H2,1-3H3,(H,21,23)(H,22,24);1H. The van der Waals surface area contributed by atoms with Gasteiger partial charge in [-0.2, -0.15) is 0 Å². The van der Waals surface area contributed by atoms with Crippen molar-refractivity contribution >= 4 is 35.6 Å². The smallest absolute Gasteiger partial charge is 0.229 e. The zero-order chi connectivity index (χ0) is 17.7. The van der Waals surface area contributed by atoms with Crippen molar-refractivity contribution in [2.45, 2.75) is 26.8 Å². The van der Waals surface area contributed by atoms with Gasteiger partial charge in [0.25, 0.3) is 0 Å². The lowest BCUT2D eigenvalue weighted by molar-refractivity contribution is -0.120. The van der Waals surface area contributed by atoms with Gasteiger partial charge in [-0.3, -0.25) is 9.59 Å². The minimum Gasteiger partial charge on any atom is -0.326 e. The number of benzene rings is 2. The number of rotatable bonds is 5. The van der Waals surface area contributed by atoms with Crippen molar-refractivity contribution in [2.75, 3.05) is 10.6 Å². The Morgan fingerprint density at radius 2 is 1.52 bits per heavy atom. The SMILES string of the molecule is CC(=O)Nc1cccc(NC(=O)C(C)C(N)c2ccccc2)c1C.Cl. The van der Waals surface area contributed by atoms with Crippen LogP contribution in [0.15, 0.2) is 48.5 Å². The molecule has 0 saturated heterocycles. The third-order valence-electron chi connectivity index (χ3n) is 4.04. The fourth-order valence-corrected chi connectivity index (χ4v) is 2.47. The molecule has 2 aromatic carbocycles. The Morgan fingerprint density at radius 3 is 2.08 bits per heavy atom. The molecule has 2 aromatic rings. The predicted molar refractivity (Wildman–Crippen MR) is 104 cm³/mol. The predicted octanol–water partition coefficient (Wildman–Crippen LogP) is 3.65. The van der Waals surface area contributed by atoms with Crippen LogP contribution in [-0.2, 0) is 9.59 Å². The molecule has 0 bridgehead atoms. The van der Waals surface area contributed by atoms with Crippen LogP contribution in [0.5, 0.6) is 0 Å². The normalized spacial score (nSPS) is 12.5. The molecule has 0 aliphatic heterocycles. The largest absolute Gasteiger partial charge is 0.326 e. The van der Waals surface area contributed by atoms with Crippen LogP contribution < -0.4 is 16.4 Å². The molecule has 0 aliphatic carbocycles. The average molecular weight is 362 g/mol. The summed E-state index contributed by atoms with van der Waals surface area (Å²) >= 11 is 0. The molecule has 4 N–H and O–H groups in total. The highest BCUT2D eigenvalue weighted by atomic mass is 35.5. The number of hydrogen-bond donors (Lipinski definition) is 3. The van der Waals surface area contributed by atoms with Crippen molar-refractivity contribution in [1.29, 1.82) is 0 Å². The summed E-state index contributed by atoms with van der Waals surface area (Å²) in [7, 11) is 0. The molecule has 0 saturated carbocycles. The van der Waals surface area contributed by atoms with E-state index in [1.807, 2.05) is 37.3 Å². The van der Waals surface area contributed by atoms with Gasteiger partial charge in [-0.25, -0.2) is 0 Å². The van der Waals surface area contributed by atoms with Gasteiger partial charge >= 0.3 is 0 Å². The highest BCUT2D eigenvalue weighted by molar-refractivity contribution is 5.96. The minimum atomic E-state index is -0.392. The second-order valence-corrected chi connectivity index (χ2v) is 5.87. The molecule has 2 atom stereocenters. The van der Waals surface area contributed by atoms with E-state index in [0.717, 1.165) is 11.1 Å². The van der Waals surface area contributed by atoms with E-state index in [0.29, 0.717) is 11.4 Å². The summed E-state index contributed by atoms with van der Waals surface area (Å²) in [5.41, 5.74) is 9.28. The van der Waals surface area contributed by atoms with Gasteiger partial charge in [-0.15, -0.1) is 12.4 Å². The first-order chi connectivity index (χ1) is 11.4. The first kappa shape index (κ1) is 20.7. The number of nitrogens with two attached hydrogens (primary N) is 1. The van der Waals surface area contributed by atoms with Gasteiger partial charge in [0.15, 0.2) is 0 Å². The second kappa shape index (κ2) is 9.20. The average Bonchev–Trinajstić information content (AvgIpc) is 2.57. The summed E-state index contributed by atoms with van der Waals surface area (Å²) in [6.07, 6.45) is 0. The molecule has 2 rings (SSSR count). The lowest BCUT2D eigenvalue weighted by Gasteiger charge is -2.21. The molecular weight excluding hydrogens is 338 g/mol. The van der Waals surface area contributed by atoms with Crippen LogP contribution >= 0.6 is 12.4 Å². The Kier molecular flexibility index (Phi) is 7.61. The van der Waals surface area contributed by atoms with E-state index in [4.69, 9.17) is 5.73 Å². The van der Waals surface area contributed by atoms with Crippen molar-refractivity contribution in [3.8, 4) is 0 Å². The van der Waals surface area contributed by atoms with Gasteiger partial charge in [0.1, 0.15) is 0 Å². The third kappa shape index (κ3) is 5.31. The summed E-state index contributed by atoms with van der Waals surface area (Å²) < 4.78 is 0. The van der Waals surface area contributed by atoms with Crippen LogP contribution in [0, 0.1) is 12.8 Å². The lowest BCUT2D eigenvalue weighted by atomic mass is 9.94. The number of carbonyl (C=O) groups is 2. The molecule has 0 heterocycles. The fraction of sp³-hybridized carbons (Fsp3) is 0.263. The summed E-state index contributed by atoms with van der Waals surface area (Å²) in [5, 5.41) is 5.65. The fourth-order valence-electron chi connectivity index (χ4n) is 2.47. The van der Waals surface area contributed by atoms with Crippen molar-refractivity contribution < 1.29 is 9.59 Å². The Morgan fingerprint density at radius 1 is 0.960 bits per heavy atom. The van der Waals surface area contributed by atoms with Crippen LogP contribution in [0.2, 0.25) is 0 Å². The molecule has 2 unspecified atom stereocenters. The number of carbonyl (C=O) groups excluding carboxylic acids is 2. The van der Waals surface area contributed by atoms with Crippen LogP contribution in [0.3, 0.4) is 0 Å². The molecule has 0 spiro atoms. The highest BCUT2D eigenvalue weighted by Gasteiger charge is 2.22. The summed E-state index contributed by atoms with van der Waals surface area (Å²) in [5.74, 6) is -0.702. The molecule has 6 heteroatoms. The van der Waals surface area contributed by atoms with E-state index in [-0.39, 0.29) is 30.3 Å². The Balaban J connectivity index is 0.00000312. The third-order valence-corrected chi connectivity index (χ3v) is 4.04. The van der Waals surface area contributed by atoms with E-state index in [2.05, 4.69) is 10.6 Å². The monoisotopic (exact) mass is 361 g/mol. The molecule has 134 valence electrons. The molecule has 0 aliphatic rings. The summed E-state index contributed by atoms with van der Waals surface area (Å²) in [6, 6.07) is 14.6. The maximum Gasteiger partial charge on any atom is 0.229 e. The highest BCUT2D eigenvalue weighted by Crippen LogP contribution is 2.25. The Labute approximate surface area is 154 Å². The molecule has 0 radical (unpaired) electrons. The molecule has 2 amide bonds. The second-order valence-electron chi connectivity index (χ2n) is 5.87. The quantitative estimate of drug-likeness (QED) is 0.760. The topological polar surface area (TPSA) is 84.2 Å². The van der Waals surface area contributed by atoms with Gasteiger partial charge in [0, 0.05) is 24.3 Å². The van der Waals surface area contributed by atoms with Gasteiger partial charge < -0.3 is 16.4 Å². The van der Waals surface area contributed by atoms with Crippen molar-refractivity contribution in [2.24, 2.45) is 11.7 Å². The zero-order valence-corrected chi connectivity index (χ0v) is 15.4. The van der Waals surface area contributed by atoms with E-state index < -0.39 is 5.92 Å². The van der Waals surface area contributed by atoms with Gasteiger partial charge in [-0.1, -0.05) is 43.3 Å². The van der Waals surface area contributed by atoms with Crippen LogP contribution in [0.25, 0.3) is 0 Å². The number of halogens is 1. The first-order valence-corrected chi connectivity index (χ1v) is 7.88. The van der Waals surface area contributed by atoms with Crippen molar-refractivity contribution in [1.82, 2.24) is 0 Å². The van der Waals surface area contributed by atoms with Crippen molar-refractivity contribution in [3.05, 3.63) is 59.7 Å². The zero-order valence-electron chi connectivity index (χ0n) is 14.6. The van der Waals surface area contributed by atoms with Gasteiger partial charge in [0.2, 0.25) is 11.8 Å². The number of hydrogen-bond acceptors (Lipinski definition) is 3. The molecular formula is C19H24ClN3O2. The minimum absolute atomic E-state index is 0. The van der Waals surface area contributed by atoms with E-state index in [1.165, 1.54) is 6.92 Å². The maximum atomic E-state index is 12.5.